The van der Waals surface area contributed by atoms with Crippen LogP contribution in [0.15, 0.2) is 18.2 Å². The zero-order valence-electron chi connectivity index (χ0n) is 12.3. The van der Waals surface area contributed by atoms with Crippen molar-refractivity contribution in [1.29, 1.82) is 0 Å². The standard InChI is InChI=1S/C16H24O3/c1-5-19-14-7-6-12(2)10-13(14)8-9-16(3,4)11-15(17)18/h6-7,10H,5,8-9,11H2,1-4H3,(H,17,18). The van der Waals surface area contributed by atoms with Crippen LogP contribution >= 0.6 is 0 Å². The molecule has 1 aromatic carbocycles. The summed E-state index contributed by atoms with van der Waals surface area (Å²) in [6, 6.07) is 6.16. The molecule has 0 unspecified atom stereocenters. The van der Waals surface area contributed by atoms with E-state index in [0.717, 1.165) is 18.6 Å². The highest BCUT2D eigenvalue weighted by Gasteiger charge is 2.22. The lowest BCUT2D eigenvalue weighted by molar-refractivity contribution is -0.139. The van der Waals surface area contributed by atoms with E-state index in [4.69, 9.17) is 9.84 Å². The van der Waals surface area contributed by atoms with Crippen molar-refractivity contribution in [1.82, 2.24) is 0 Å². The Morgan fingerprint density at radius 3 is 2.63 bits per heavy atom. The van der Waals surface area contributed by atoms with Crippen LogP contribution in [0.5, 0.6) is 5.75 Å². The van der Waals surface area contributed by atoms with Crippen LogP contribution in [0.3, 0.4) is 0 Å². The summed E-state index contributed by atoms with van der Waals surface area (Å²) in [5.74, 6) is 0.179. The number of benzene rings is 1. The molecule has 1 aromatic rings. The van der Waals surface area contributed by atoms with Gasteiger partial charge in [0.25, 0.3) is 0 Å². The van der Waals surface area contributed by atoms with Crippen molar-refractivity contribution in [3.8, 4) is 5.75 Å². The van der Waals surface area contributed by atoms with Gasteiger partial charge in [0.2, 0.25) is 0 Å². The minimum atomic E-state index is -0.737. The van der Waals surface area contributed by atoms with E-state index >= 15 is 0 Å². The summed E-state index contributed by atoms with van der Waals surface area (Å²) < 4.78 is 5.62. The van der Waals surface area contributed by atoms with Gasteiger partial charge in [-0.05, 0) is 43.7 Å². The molecule has 0 aromatic heterocycles. The van der Waals surface area contributed by atoms with Crippen LogP contribution < -0.4 is 4.74 Å². The third-order valence-electron chi connectivity index (χ3n) is 3.22. The van der Waals surface area contributed by atoms with Gasteiger partial charge >= 0.3 is 5.97 Å². The zero-order valence-corrected chi connectivity index (χ0v) is 12.3. The van der Waals surface area contributed by atoms with E-state index in [2.05, 4.69) is 13.0 Å². The molecule has 3 heteroatoms. The van der Waals surface area contributed by atoms with Crippen molar-refractivity contribution in [2.24, 2.45) is 5.41 Å². The molecule has 0 aliphatic heterocycles. The Kier molecular flexibility index (Phi) is 5.40. The monoisotopic (exact) mass is 264 g/mol. The Morgan fingerprint density at radius 1 is 1.37 bits per heavy atom. The lowest BCUT2D eigenvalue weighted by atomic mass is 9.83. The molecular weight excluding hydrogens is 240 g/mol. The zero-order chi connectivity index (χ0) is 14.5. The number of ether oxygens (including phenoxy) is 1. The SMILES string of the molecule is CCOc1ccc(C)cc1CCC(C)(C)CC(=O)O. The predicted octanol–water partition coefficient (Wildman–Crippen LogP) is 3.83. The fourth-order valence-electron chi connectivity index (χ4n) is 2.17. The topological polar surface area (TPSA) is 46.5 Å². The second-order valence-electron chi connectivity index (χ2n) is 5.78. The smallest absolute Gasteiger partial charge is 0.303 e. The molecule has 0 atom stereocenters. The molecule has 0 amide bonds. The molecule has 0 aliphatic rings. The van der Waals surface area contributed by atoms with Crippen molar-refractivity contribution in [3.05, 3.63) is 29.3 Å². The van der Waals surface area contributed by atoms with E-state index in [1.54, 1.807) is 0 Å². The van der Waals surface area contributed by atoms with Gasteiger partial charge in [-0.25, -0.2) is 0 Å². The molecule has 0 bridgehead atoms. The summed E-state index contributed by atoms with van der Waals surface area (Å²) >= 11 is 0. The number of carboxylic acids is 1. The molecule has 0 fully saturated rings. The molecule has 0 saturated carbocycles. The summed E-state index contributed by atoms with van der Waals surface area (Å²) in [6.45, 7) is 8.67. The Hall–Kier alpha value is -1.51. The van der Waals surface area contributed by atoms with Crippen molar-refractivity contribution < 1.29 is 14.6 Å². The van der Waals surface area contributed by atoms with E-state index in [1.807, 2.05) is 32.9 Å². The summed E-state index contributed by atoms with van der Waals surface area (Å²) in [4.78, 5) is 10.8. The second-order valence-corrected chi connectivity index (χ2v) is 5.78. The van der Waals surface area contributed by atoms with Gasteiger partial charge in [0.05, 0.1) is 13.0 Å². The van der Waals surface area contributed by atoms with E-state index in [1.165, 1.54) is 11.1 Å². The number of aryl methyl sites for hydroxylation is 2. The first-order valence-corrected chi connectivity index (χ1v) is 6.78. The van der Waals surface area contributed by atoms with Crippen molar-refractivity contribution >= 4 is 5.97 Å². The third kappa shape index (κ3) is 5.33. The van der Waals surface area contributed by atoms with Gasteiger partial charge in [-0.3, -0.25) is 4.79 Å². The highest BCUT2D eigenvalue weighted by molar-refractivity contribution is 5.67. The maximum Gasteiger partial charge on any atom is 0.303 e. The third-order valence-corrected chi connectivity index (χ3v) is 3.22. The lowest BCUT2D eigenvalue weighted by Gasteiger charge is -2.23. The second kappa shape index (κ2) is 6.60. The van der Waals surface area contributed by atoms with Gasteiger partial charge in [-0.2, -0.15) is 0 Å². The quantitative estimate of drug-likeness (QED) is 0.814. The highest BCUT2D eigenvalue weighted by Crippen LogP contribution is 2.30. The van der Waals surface area contributed by atoms with Crippen LogP contribution in [0.2, 0.25) is 0 Å². The van der Waals surface area contributed by atoms with Crippen LogP contribution in [-0.2, 0) is 11.2 Å². The van der Waals surface area contributed by atoms with Gasteiger partial charge in [0, 0.05) is 0 Å². The van der Waals surface area contributed by atoms with Crippen LogP contribution in [0.1, 0.15) is 44.7 Å². The molecule has 1 N–H and O–H groups in total. The average molecular weight is 264 g/mol. The number of hydrogen-bond donors (Lipinski definition) is 1. The molecule has 1 rings (SSSR count). The van der Waals surface area contributed by atoms with Crippen LogP contribution in [0.4, 0.5) is 0 Å². The van der Waals surface area contributed by atoms with E-state index < -0.39 is 5.97 Å². The van der Waals surface area contributed by atoms with E-state index in [-0.39, 0.29) is 11.8 Å². The number of rotatable bonds is 7. The minimum absolute atomic E-state index is 0.195. The number of aliphatic carboxylic acids is 1. The normalized spacial score (nSPS) is 11.4. The molecule has 0 saturated heterocycles. The predicted molar refractivity (Wildman–Crippen MR) is 76.7 cm³/mol. The molecule has 106 valence electrons. The molecule has 0 heterocycles. The van der Waals surface area contributed by atoms with Gasteiger partial charge in [0.1, 0.15) is 5.75 Å². The largest absolute Gasteiger partial charge is 0.494 e. The van der Waals surface area contributed by atoms with Crippen molar-refractivity contribution in [2.75, 3.05) is 6.61 Å². The molecule has 0 radical (unpaired) electrons. The lowest BCUT2D eigenvalue weighted by Crippen LogP contribution is -2.17. The average Bonchev–Trinajstić information content (AvgIpc) is 2.28. The molecular formula is C16H24O3. The van der Waals surface area contributed by atoms with Crippen molar-refractivity contribution in [3.63, 3.8) is 0 Å². The molecule has 0 spiro atoms. The minimum Gasteiger partial charge on any atom is -0.494 e. The summed E-state index contributed by atoms with van der Waals surface area (Å²) in [6.07, 6.45) is 1.88. The van der Waals surface area contributed by atoms with E-state index in [0.29, 0.717) is 6.61 Å². The van der Waals surface area contributed by atoms with Crippen LogP contribution in [0.25, 0.3) is 0 Å². The number of carbonyl (C=O) groups is 1. The van der Waals surface area contributed by atoms with Gasteiger partial charge < -0.3 is 9.84 Å². The number of carboxylic acid groups (broad SMARTS) is 1. The molecule has 3 nitrogen and oxygen atoms in total. The van der Waals surface area contributed by atoms with E-state index in [9.17, 15) is 4.79 Å². The van der Waals surface area contributed by atoms with Gasteiger partial charge in [0.15, 0.2) is 0 Å². The number of hydrogen-bond acceptors (Lipinski definition) is 2. The Balaban J connectivity index is 2.75. The van der Waals surface area contributed by atoms with Crippen molar-refractivity contribution in [2.45, 2.75) is 47.0 Å². The molecule has 19 heavy (non-hydrogen) atoms. The maximum atomic E-state index is 10.8. The summed E-state index contributed by atoms with van der Waals surface area (Å²) in [5, 5.41) is 8.90. The maximum absolute atomic E-state index is 10.8. The van der Waals surface area contributed by atoms with Crippen LogP contribution in [0, 0.1) is 12.3 Å². The Morgan fingerprint density at radius 2 is 2.05 bits per heavy atom. The fraction of sp³-hybridized carbons (Fsp3) is 0.562. The van der Waals surface area contributed by atoms with Crippen LogP contribution in [-0.4, -0.2) is 17.7 Å². The Bertz CT molecular complexity index is 436. The first-order chi connectivity index (χ1) is 8.84. The summed E-state index contributed by atoms with van der Waals surface area (Å²) in [7, 11) is 0. The van der Waals surface area contributed by atoms with Gasteiger partial charge in [-0.1, -0.05) is 31.5 Å². The molecule has 0 aliphatic carbocycles. The first-order valence-electron chi connectivity index (χ1n) is 6.78. The first kappa shape index (κ1) is 15.5. The Labute approximate surface area is 115 Å². The fourth-order valence-corrected chi connectivity index (χ4v) is 2.17. The van der Waals surface area contributed by atoms with Gasteiger partial charge in [-0.15, -0.1) is 0 Å². The highest BCUT2D eigenvalue weighted by atomic mass is 16.5. The summed E-state index contributed by atoms with van der Waals surface area (Å²) in [5.41, 5.74) is 2.17.